The van der Waals surface area contributed by atoms with E-state index in [1.807, 2.05) is 22.8 Å². The maximum atomic E-state index is 13.0. The first-order valence-corrected chi connectivity index (χ1v) is 9.62. The van der Waals surface area contributed by atoms with Crippen molar-refractivity contribution in [2.45, 2.75) is 37.4 Å². The third-order valence-electron chi connectivity index (χ3n) is 4.62. The van der Waals surface area contributed by atoms with Crippen molar-refractivity contribution in [2.75, 3.05) is 24.3 Å². The van der Waals surface area contributed by atoms with Gasteiger partial charge >= 0.3 is 0 Å². The Labute approximate surface area is 146 Å². The SMILES string of the molecule is O=c1c(Cc2ccccc2)c(NN2CCCCC2)nc2n1CCS2. The number of anilines is 1. The molecule has 0 amide bonds. The number of nitrogens with one attached hydrogen (secondary N) is 1. The smallest absolute Gasteiger partial charge is 0.259 e. The van der Waals surface area contributed by atoms with E-state index in [0.29, 0.717) is 6.42 Å². The van der Waals surface area contributed by atoms with Crippen molar-refractivity contribution in [3.63, 3.8) is 0 Å². The third kappa shape index (κ3) is 3.21. The number of hydrazine groups is 1. The maximum absolute atomic E-state index is 13.0. The van der Waals surface area contributed by atoms with Crippen LogP contribution in [-0.4, -0.2) is 33.4 Å². The maximum Gasteiger partial charge on any atom is 0.259 e. The number of fused-ring (bicyclic) bond motifs is 1. The highest BCUT2D eigenvalue weighted by atomic mass is 32.2. The zero-order valence-electron chi connectivity index (χ0n) is 13.7. The van der Waals surface area contributed by atoms with Crippen LogP contribution in [0, 0.1) is 0 Å². The topological polar surface area (TPSA) is 50.2 Å². The first kappa shape index (κ1) is 15.7. The molecule has 0 atom stereocenters. The van der Waals surface area contributed by atoms with E-state index in [0.717, 1.165) is 47.5 Å². The Hall–Kier alpha value is -1.79. The van der Waals surface area contributed by atoms with Gasteiger partial charge in [-0.3, -0.25) is 9.36 Å². The van der Waals surface area contributed by atoms with E-state index in [9.17, 15) is 4.79 Å². The minimum atomic E-state index is 0.105. The van der Waals surface area contributed by atoms with Crippen LogP contribution in [0.15, 0.2) is 40.3 Å². The van der Waals surface area contributed by atoms with Gasteiger partial charge < -0.3 is 5.43 Å². The van der Waals surface area contributed by atoms with Gasteiger partial charge in [-0.2, -0.15) is 0 Å². The van der Waals surface area contributed by atoms with Crippen LogP contribution in [-0.2, 0) is 13.0 Å². The molecule has 2 aliphatic rings. The molecule has 1 aromatic heterocycles. The fourth-order valence-corrected chi connectivity index (χ4v) is 4.26. The fraction of sp³-hybridized carbons (Fsp3) is 0.444. The molecule has 126 valence electrons. The van der Waals surface area contributed by atoms with Gasteiger partial charge in [0.15, 0.2) is 11.0 Å². The Morgan fingerprint density at radius 2 is 1.88 bits per heavy atom. The van der Waals surface area contributed by atoms with E-state index in [4.69, 9.17) is 4.98 Å². The summed E-state index contributed by atoms with van der Waals surface area (Å²) in [5.74, 6) is 1.67. The summed E-state index contributed by atoms with van der Waals surface area (Å²) in [5.41, 5.74) is 5.46. The van der Waals surface area contributed by atoms with E-state index in [1.54, 1.807) is 11.8 Å². The zero-order chi connectivity index (χ0) is 16.4. The van der Waals surface area contributed by atoms with E-state index < -0.39 is 0 Å². The Balaban J connectivity index is 1.70. The van der Waals surface area contributed by atoms with Crippen LogP contribution in [0.1, 0.15) is 30.4 Å². The average Bonchev–Trinajstić information content (AvgIpc) is 3.09. The summed E-state index contributed by atoms with van der Waals surface area (Å²) in [6.07, 6.45) is 4.29. The number of piperidine rings is 1. The summed E-state index contributed by atoms with van der Waals surface area (Å²) in [5, 5.41) is 3.05. The molecule has 0 spiro atoms. The average molecular weight is 342 g/mol. The molecule has 1 saturated heterocycles. The second-order valence-corrected chi connectivity index (χ2v) is 7.41. The van der Waals surface area contributed by atoms with Gasteiger partial charge in [-0.1, -0.05) is 48.5 Å². The molecule has 2 aliphatic heterocycles. The standard InChI is InChI=1S/C18H22N4OS/c23-17-15(13-14-7-3-1-4-8-14)16(19-18-22(17)11-12-24-18)20-21-9-5-2-6-10-21/h1,3-4,7-8,20H,2,5-6,9-13H2. The van der Waals surface area contributed by atoms with Crippen molar-refractivity contribution in [3.05, 3.63) is 51.8 Å². The van der Waals surface area contributed by atoms with Crippen LogP contribution in [0.3, 0.4) is 0 Å². The Kier molecular flexibility index (Phi) is 4.58. The molecule has 5 nitrogen and oxygen atoms in total. The zero-order valence-corrected chi connectivity index (χ0v) is 14.5. The Morgan fingerprint density at radius 1 is 1.08 bits per heavy atom. The van der Waals surface area contributed by atoms with Gasteiger partial charge in [0.2, 0.25) is 0 Å². The number of aromatic nitrogens is 2. The number of hydrogen-bond donors (Lipinski definition) is 1. The fourth-order valence-electron chi connectivity index (χ4n) is 3.32. The monoisotopic (exact) mass is 342 g/mol. The highest BCUT2D eigenvalue weighted by Gasteiger charge is 2.22. The lowest BCUT2D eigenvalue weighted by atomic mass is 10.1. The summed E-state index contributed by atoms with van der Waals surface area (Å²) < 4.78 is 1.82. The molecule has 4 rings (SSSR count). The number of thioether (sulfide) groups is 1. The van der Waals surface area contributed by atoms with Crippen molar-refractivity contribution >= 4 is 17.6 Å². The molecule has 0 bridgehead atoms. The lowest BCUT2D eigenvalue weighted by Gasteiger charge is -2.28. The second kappa shape index (κ2) is 6.99. The molecule has 1 aromatic carbocycles. The van der Waals surface area contributed by atoms with E-state index in [2.05, 4.69) is 22.6 Å². The lowest BCUT2D eigenvalue weighted by molar-refractivity contribution is 0.271. The summed E-state index contributed by atoms with van der Waals surface area (Å²) in [4.78, 5) is 17.8. The first-order chi connectivity index (χ1) is 11.8. The lowest BCUT2D eigenvalue weighted by Crippen LogP contribution is -2.37. The van der Waals surface area contributed by atoms with Gasteiger partial charge in [0.25, 0.3) is 5.56 Å². The summed E-state index contributed by atoms with van der Waals surface area (Å²) >= 11 is 1.67. The molecule has 0 unspecified atom stereocenters. The van der Waals surface area contributed by atoms with Crippen molar-refractivity contribution in [1.29, 1.82) is 0 Å². The van der Waals surface area contributed by atoms with Crippen LogP contribution < -0.4 is 11.0 Å². The van der Waals surface area contributed by atoms with E-state index in [1.165, 1.54) is 19.3 Å². The molecule has 0 aliphatic carbocycles. The van der Waals surface area contributed by atoms with Crippen molar-refractivity contribution in [2.24, 2.45) is 0 Å². The highest BCUT2D eigenvalue weighted by Crippen LogP contribution is 2.26. The van der Waals surface area contributed by atoms with Crippen LogP contribution in [0.2, 0.25) is 0 Å². The minimum absolute atomic E-state index is 0.105. The number of benzene rings is 1. The quantitative estimate of drug-likeness (QED) is 0.866. The molecule has 0 saturated carbocycles. The highest BCUT2D eigenvalue weighted by molar-refractivity contribution is 7.99. The minimum Gasteiger partial charge on any atom is -0.303 e. The Bertz CT molecular complexity index is 769. The second-order valence-electron chi connectivity index (χ2n) is 6.35. The van der Waals surface area contributed by atoms with Gasteiger partial charge in [-0.05, 0) is 18.4 Å². The van der Waals surface area contributed by atoms with Gasteiger partial charge in [0.1, 0.15) is 0 Å². The summed E-state index contributed by atoms with van der Waals surface area (Å²) in [6.45, 7) is 2.79. The van der Waals surface area contributed by atoms with Crippen LogP contribution in [0.25, 0.3) is 0 Å². The molecule has 24 heavy (non-hydrogen) atoms. The molecule has 6 heteroatoms. The molecular weight excluding hydrogens is 320 g/mol. The van der Waals surface area contributed by atoms with Gasteiger partial charge in [-0.25, -0.2) is 9.99 Å². The van der Waals surface area contributed by atoms with Crippen molar-refractivity contribution in [3.8, 4) is 0 Å². The number of nitrogens with zero attached hydrogens (tertiary/aromatic N) is 3. The van der Waals surface area contributed by atoms with Crippen LogP contribution in [0.4, 0.5) is 5.82 Å². The largest absolute Gasteiger partial charge is 0.303 e. The van der Waals surface area contributed by atoms with E-state index in [-0.39, 0.29) is 5.56 Å². The summed E-state index contributed by atoms with van der Waals surface area (Å²) in [6, 6.07) is 10.2. The molecule has 3 heterocycles. The molecule has 1 fully saturated rings. The molecule has 2 aromatic rings. The van der Waals surface area contributed by atoms with Crippen molar-refractivity contribution in [1.82, 2.24) is 14.6 Å². The molecule has 1 N–H and O–H groups in total. The third-order valence-corrected chi connectivity index (χ3v) is 5.57. The van der Waals surface area contributed by atoms with Gasteiger partial charge in [-0.15, -0.1) is 0 Å². The normalized spacial score (nSPS) is 17.7. The number of rotatable bonds is 4. The number of hydrogen-bond acceptors (Lipinski definition) is 5. The summed E-state index contributed by atoms with van der Waals surface area (Å²) in [7, 11) is 0. The van der Waals surface area contributed by atoms with Crippen LogP contribution in [0.5, 0.6) is 0 Å². The molecular formula is C18H22N4OS. The van der Waals surface area contributed by atoms with Crippen LogP contribution >= 0.6 is 11.8 Å². The van der Waals surface area contributed by atoms with Gasteiger partial charge in [0.05, 0.1) is 5.56 Å². The Morgan fingerprint density at radius 3 is 2.67 bits per heavy atom. The van der Waals surface area contributed by atoms with E-state index >= 15 is 0 Å². The molecule has 0 radical (unpaired) electrons. The predicted molar refractivity (Wildman–Crippen MR) is 97.5 cm³/mol. The predicted octanol–water partition coefficient (Wildman–Crippen LogP) is 2.75. The van der Waals surface area contributed by atoms with Crippen molar-refractivity contribution < 1.29 is 0 Å². The van der Waals surface area contributed by atoms with Gasteiger partial charge in [0, 0.05) is 31.8 Å². The first-order valence-electron chi connectivity index (χ1n) is 8.63.